The average molecular weight is 569 g/mol. The van der Waals surface area contributed by atoms with Crippen molar-refractivity contribution in [2.45, 2.75) is 44.2 Å². The lowest BCUT2D eigenvalue weighted by Gasteiger charge is -2.33. The van der Waals surface area contributed by atoms with Gasteiger partial charge in [-0.05, 0) is 23.6 Å². The van der Waals surface area contributed by atoms with Crippen LogP contribution in [0.4, 0.5) is 0 Å². The fourth-order valence-corrected chi connectivity index (χ4v) is 6.90. The number of rotatable bonds is 13. The fourth-order valence-electron chi connectivity index (χ4n) is 4.22. The van der Waals surface area contributed by atoms with Crippen LogP contribution in [0.5, 0.6) is 11.5 Å². The van der Waals surface area contributed by atoms with Crippen LogP contribution in [0.15, 0.2) is 53.4 Å². The zero-order chi connectivity index (χ0) is 28.1. The van der Waals surface area contributed by atoms with Crippen LogP contribution in [0.25, 0.3) is 0 Å². The number of nitrogens with zero attached hydrogens (tertiary/aromatic N) is 1. The molecule has 0 fully saturated rings. The number of ether oxygens (including phenoxy) is 2. The molecule has 0 saturated heterocycles. The van der Waals surface area contributed by atoms with Crippen LogP contribution in [0.2, 0.25) is 0 Å². The Morgan fingerprint density at radius 1 is 1.05 bits per heavy atom. The van der Waals surface area contributed by atoms with Crippen molar-refractivity contribution in [1.82, 2.24) is 9.62 Å². The van der Waals surface area contributed by atoms with E-state index < -0.39 is 37.4 Å². The third-order valence-electron chi connectivity index (χ3n) is 6.02. The molecule has 1 aliphatic rings. The van der Waals surface area contributed by atoms with Crippen molar-refractivity contribution >= 4 is 25.8 Å². The second-order valence-electron chi connectivity index (χ2n) is 10.2. The van der Waals surface area contributed by atoms with E-state index in [1.165, 1.54) is 29.4 Å². The van der Waals surface area contributed by atoms with Crippen LogP contribution in [0.3, 0.4) is 0 Å². The van der Waals surface area contributed by atoms with E-state index in [2.05, 4.69) is 5.32 Å². The predicted octanol–water partition coefficient (Wildman–Crippen LogP) is 2.18. The summed E-state index contributed by atoms with van der Waals surface area (Å²) in [6.07, 6.45) is 0.915. The molecule has 2 atom stereocenters. The van der Waals surface area contributed by atoms with Crippen LogP contribution < -0.4 is 14.8 Å². The Bertz CT molecular complexity index is 1330. The number of nitrogens with one attached hydrogen (secondary N) is 1. The van der Waals surface area contributed by atoms with Gasteiger partial charge in [0.2, 0.25) is 22.7 Å². The zero-order valence-corrected chi connectivity index (χ0v) is 23.7. The van der Waals surface area contributed by atoms with Crippen LogP contribution in [0.1, 0.15) is 32.8 Å². The SMILES string of the molecule is CC(C)CN(CC[C@@](O)(Cc1ccccc1)NC(=O)[C@H](C)CS(C)(=O)=O)S(=O)(=O)c1ccc2c(c1)OCO2. The predicted molar refractivity (Wildman–Crippen MR) is 143 cm³/mol. The normalized spacial score (nSPS) is 15.9. The molecule has 0 bridgehead atoms. The second-order valence-corrected chi connectivity index (χ2v) is 14.3. The summed E-state index contributed by atoms with van der Waals surface area (Å²) in [6, 6.07) is 13.4. The quantitative estimate of drug-likeness (QED) is 0.351. The van der Waals surface area contributed by atoms with Crippen molar-refractivity contribution in [3.63, 3.8) is 0 Å². The molecule has 1 amide bonds. The van der Waals surface area contributed by atoms with Crippen molar-refractivity contribution in [2.75, 3.05) is 31.9 Å². The molecular formula is C26H36N2O8S2. The molecule has 2 aromatic carbocycles. The van der Waals surface area contributed by atoms with Gasteiger partial charge in [-0.15, -0.1) is 0 Å². The molecule has 10 nitrogen and oxygen atoms in total. The molecule has 210 valence electrons. The Labute approximate surface area is 224 Å². The van der Waals surface area contributed by atoms with Gasteiger partial charge < -0.3 is 19.9 Å². The number of hydrogen-bond acceptors (Lipinski definition) is 8. The van der Waals surface area contributed by atoms with E-state index in [0.29, 0.717) is 11.5 Å². The maximum atomic E-state index is 13.6. The van der Waals surface area contributed by atoms with Gasteiger partial charge in [-0.1, -0.05) is 51.1 Å². The molecule has 1 aliphatic heterocycles. The molecule has 3 rings (SSSR count). The summed E-state index contributed by atoms with van der Waals surface area (Å²) in [5, 5.41) is 14.2. The minimum Gasteiger partial charge on any atom is -0.454 e. The van der Waals surface area contributed by atoms with Gasteiger partial charge in [0.15, 0.2) is 11.5 Å². The van der Waals surface area contributed by atoms with Gasteiger partial charge in [-0.3, -0.25) is 4.79 Å². The maximum Gasteiger partial charge on any atom is 0.243 e. The lowest BCUT2D eigenvalue weighted by molar-refractivity contribution is -0.132. The minimum atomic E-state index is -3.99. The van der Waals surface area contributed by atoms with E-state index >= 15 is 0 Å². The summed E-state index contributed by atoms with van der Waals surface area (Å²) in [6.45, 7) is 5.32. The van der Waals surface area contributed by atoms with Crippen molar-refractivity contribution in [2.24, 2.45) is 11.8 Å². The topological polar surface area (TPSA) is 139 Å². The smallest absolute Gasteiger partial charge is 0.243 e. The zero-order valence-electron chi connectivity index (χ0n) is 22.1. The van der Waals surface area contributed by atoms with Gasteiger partial charge >= 0.3 is 0 Å². The van der Waals surface area contributed by atoms with E-state index in [9.17, 15) is 26.7 Å². The van der Waals surface area contributed by atoms with E-state index in [-0.39, 0.29) is 49.3 Å². The molecule has 1 heterocycles. The van der Waals surface area contributed by atoms with Crippen LogP contribution in [-0.4, -0.2) is 69.8 Å². The first-order valence-electron chi connectivity index (χ1n) is 12.3. The number of amides is 1. The third kappa shape index (κ3) is 8.16. The number of benzene rings is 2. The van der Waals surface area contributed by atoms with Crippen molar-refractivity contribution < 1.29 is 36.2 Å². The molecule has 0 aliphatic carbocycles. The number of sulfone groups is 1. The van der Waals surface area contributed by atoms with Gasteiger partial charge in [-0.2, -0.15) is 4.31 Å². The third-order valence-corrected chi connectivity index (χ3v) is 8.99. The largest absolute Gasteiger partial charge is 0.454 e. The summed E-state index contributed by atoms with van der Waals surface area (Å²) in [5.41, 5.74) is -1.11. The minimum absolute atomic E-state index is 0.00473. The number of fused-ring (bicyclic) bond motifs is 1. The Morgan fingerprint density at radius 3 is 2.34 bits per heavy atom. The average Bonchev–Trinajstić information content (AvgIpc) is 3.29. The van der Waals surface area contributed by atoms with Crippen LogP contribution >= 0.6 is 0 Å². The Morgan fingerprint density at radius 2 is 1.71 bits per heavy atom. The molecule has 38 heavy (non-hydrogen) atoms. The van der Waals surface area contributed by atoms with Crippen LogP contribution in [0, 0.1) is 11.8 Å². The molecule has 0 radical (unpaired) electrons. The number of carbonyl (C=O) groups is 1. The lowest BCUT2D eigenvalue weighted by Crippen LogP contribution is -2.54. The van der Waals surface area contributed by atoms with Gasteiger partial charge in [0, 0.05) is 44.2 Å². The second kappa shape index (κ2) is 12.0. The van der Waals surface area contributed by atoms with E-state index in [0.717, 1.165) is 11.8 Å². The molecule has 12 heteroatoms. The van der Waals surface area contributed by atoms with Gasteiger partial charge in [0.1, 0.15) is 15.6 Å². The fraction of sp³-hybridized carbons (Fsp3) is 0.500. The molecular weight excluding hydrogens is 532 g/mol. The maximum absolute atomic E-state index is 13.6. The highest BCUT2D eigenvalue weighted by molar-refractivity contribution is 7.90. The Kier molecular flexibility index (Phi) is 9.45. The highest BCUT2D eigenvalue weighted by atomic mass is 32.2. The first-order valence-corrected chi connectivity index (χ1v) is 15.8. The number of carbonyl (C=O) groups excluding carboxylic acids is 1. The van der Waals surface area contributed by atoms with Crippen molar-refractivity contribution in [3.8, 4) is 11.5 Å². The number of sulfonamides is 1. The first-order chi connectivity index (χ1) is 17.7. The molecule has 0 unspecified atom stereocenters. The summed E-state index contributed by atoms with van der Waals surface area (Å²) < 4.78 is 62.6. The van der Waals surface area contributed by atoms with Gasteiger partial charge in [0.05, 0.1) is 10.6 Å². The lowest BCUT2D eigenvalue weighted by atomic mass is 9.98. The van der Waals surface area contributed by atoms with Gasteiger partial charge in [0.25, 0.3) is 0 Å². The van der Waals surface area contributed by atoms with Crippen molar-refractivity contribution in [3.05, 3.63) is 54.1 Å². The summed E-state index contributed by atoms with van der Waals surface area (Å²) in [5.74, 6) is -1.14. The van der Waals surface area contributed by atoms with E-state index in [1.807, 2.05) is 19.9 Å². The Hall–Kier alpha value is -2.67. The summed E-state index contributed by atoms with van der Waals surface area (Å²) >= 11 is 0. The highest BCUT2D eigenvalue weighted by Crippen LogP contribution is 2.35. The molecule has 0 spiro atoms. The summed E-state index contributed by atoms with van der Waals surface area (Å²) in [7, 11) is -7.41. The molecule has 2 aromatic rings. The number of hydrogen-bond donors (Lipinski definition) is 2. The highest BCUT2D eigenvalue weighted by Gasteiger charge is 2.35. The summed E-state index contributed by atoms with van der Waals surface area (Å²) in [4.78, 5) is 12.9. The van der Waals surface area contributed by atoms with Gasteiger partial charge in [-0.25, -0.2) is 16.8 Å². The first kappa shape index (κ1) is 29.9. The molecule has 2 N–H and O–H groups in total. The molecule has 0 saturated carbocycles. The van der Waals surface area contributed by atoms with E-state index in [1.54, 1.807) is 24.3 Å². The van der Waals surface area contributed by atoms with Crippen molar-refractivity contribution in [1.29, 1.82) is 0 Å². The van der Waals surface area contributed by atoms with Crippen LogP contribution in [-0.2, 0) is 31.1 Å². The number of aliphatic hydroxyl groups is 1. The molecule has 0 aromatic heterocycles. The van der Waals surface area contributed by atoms with E-state index in [4.69, 9.17) is 9.47 Å². The Balaban J connectivity index is 1.86. The monoisotopic (exact) mass is 568 g/mol. The standard InChI is InChI=1S/C26H36N2O8S2/c1-19(2)16-28(38(33,34)22-10-11-23-24(14-22)36-18-35-23)13-12-26(30,15-21-8-6-5-7-9-21)27-25(29)20(3)17-37(4,31)32/h5-11,14,19-20,30H,12-13,15-18H2,1-4H3,(H,27,29)/t20-,26-/m1/s1.